The average molecular weight is 306 g/mol. The van der Waals surface area contributed by atoms with Crippen molar-refractivity contribution in [1.29, 1.82) is 0 Å². The maximum atomic E-state index is 12.2. The molecule has 110 valence electrons. The summed E-state index contributed by atoms with van der Waals surface area (Å²) in [4.78, 5) is 0. The van der Waals surface area contributed by atoms with Crippen LogP contribution in [0, 0.1) is 11.8 Å². The first-order valence-corrected chi connectivity index (χ1v) is 7.44. The second-order valence-electron chi connectivity index (χ2n) is 3.95. The van der Waals surface area contributed by atoms with Crippen LogP contribution in [0.15, 0.2) is 35.5 Å². The van der Waals surface area contributed by atoms with Crippen LogP contribution in [-0.4, -0.2) is 32.3 Å². The zero-order valence-electron chi connectivity index (χ0n) is 11.3. The summed E-state index contributed by atoms with van der Waals surface area (Å²) in [7, 11) is -2.31. The van der Waals surface area contributed by atoms with E-state index in [1.807, 2.05) is 0 Å². The highest BCUT2D eigenvalue weighted by Gasteiger charge is 2.17. The third kappa shape index (κ3) is 3.53. The number of hydrogen-bond donors (Lipinski definition) is 3. The summed E-state index contributed by atoms with van der Waals surface area (Å²) in [6.07, 6.45) is 1.36. The predicted octanol–water partition coefficient (Wildman–Crippen LogP) is 0.529. The lowest BCUT2D eigenvalue weighted by molar-refractivity contribution is 0.417. The van der Waals surface area contributed by atoms with E-state index in [1.54, 1.807) is 18.2 Å². The van der Waals surface area contributed by atoms with Crippen LogP contribution >= 0.6 is 0 Å². The molecule has 4 N–H and O–H groups in total. The Kier molecular flexibility index (Phi) is 4.47. The van der Waals surface area contributed by atoms with Crippen molar-refractivity contribution in [2.75, 3.05) is 18.4 Å². The molecule has 0 aliphatic carbocycles. The molecule has 0 aliphatic heterocycles. The molecule has 0 saturated heterocycles. The van der Waals surface area contributed by atoms with Crippen LogP contribution in [0.4, 0.5) is 5.69 Å². The number of rotatable bonds is 4. The largest absolute Gasteiger partial charge is 0.495 e. The van der Waals surface area contributed by atoms with Crippen LogP contribution in [0.5, 0.6) is 5.75 Å². The fourth-order valence-corrected chi connectivity index (χ4v) is 2.58. The van der Waals surface area contributed by atoms with E-state index in [2.05, 4.69) is 26.8 Å². The molecule has 0 atom stereocenters. The molecule has 0 spiro atoms. The number of nitrogens with two attached hydrogens (primary N) is 1. The van der Waals surface area contributed by atoms with E-state index in [9.17, 15) is 8.42 Å². The summed E-state index contributed by atoms with van der Waals surface area (Å²) >= 11 is 0. The summed E-state index contributed by atoms with van der Waals surface area (Å²) in [5.74, 6) is 5.92. The minimum Gasteiger partial charge on any atom is -0.495 e. The quantitative estimate of drug-likeness (QED) is 0.714. The number of aromatic nitrogens is 2. The van der Waals surface area contributed by atoms with Gasteiger partial charge in [0, 0.05) is 5.56 Å². The number of H-pyrrole nitrogens is 1. The third-order valence-corrected chi connectivity index (χ3v) is 3.84. The van der Waals surface area contributed by atoms with Gasteiger partial charge < -0.3 is 10.5 Å². The zero-order valence-corrected chi connectivity index (χ0v) is 12.1. The van der Waals surface area contributed by atoms with Crippen LogP contribution in [0.25, 0.3) is 0 Å². The summed E-state index contributed by atoms with van der Waals surface area (Å²) in [6, 6.07) is 6.28. The van der Waals surface area contributed by atoms with Gasteiger partial charge in [-0.1, -0.05) is 11.8 Å². The minimum absolute atomic E-state index is 0.0389. The lowest BCUT2D eigenvalue weighted by Gasteiger charge is -2.11. The number of sulfonamides is 1. The van der Waals surface area contributed by atoms with Gasteiger partial charge in [0.1, 0.15) is 5.75 Å². The molecule has 1 aromatic heterocycles. The van der Waals surface area contributed by atoms with Crippen molar-refractivity contribution in [3.8, 4) is 17.6 Å². The first-order valence-electron chi connectivity index (χ1n) is 5.96. The summed E-state index contributed by atoms with van der Waals surface area (Å²) in [6.45, 7) is 0.223. The molecular weight excluding hydrogens is 292 g/mol. The second-order valence-corrected chi connectivity index (χ2v) is 5.60. The first kappa shape index (κ1) is 14.9. The van der Waals surface area contributed by atoms with Gasteiger partial charge in [-0.05, 0) is 24.3 Å². The SMILES string of the molecule is COc1ccc(C#CCN)cc1NS(=O)(=O)c1ccn[nH]1. The maximum absolute atomic E-state index is 12.2. The number of nitrogens with one attached hydrogen (secondary N) is 2. The van der Waals surface area contributed by atoms with Crippen LogP contribution in [0.3, 0.4) is 0 Å². The summed E-state index contributed by atoms with van der Waals surface area (Å²) in [5, 5.41) is 5.98. The van der Waals surface area contributed by atoms with Crippen molar-refractivity contribution < 1.29 is 13.2 Å². The minimum atomic E-state index is -3.76. The van der Waals surface area contributed by atoms with Gasteiger partial charge in [-0.3, -0.25) is 9.82 Å². The Labute approximate surface area is 122 Å². The number of aromatic amines is 1. The van der Waals surface area contributed by atoms with Crippen LogP contribution in [0.2, 0.25) is 0 Å². The Morgan fingerprint density at radius 3 is 2.86 bits per heavy atom. The lowest BCUT2D eigenvalue weighted by Crippen LogP contribution is -2.14. The zero-order chi connectivity index (χ0) is 15.3. The van der Waals surface area contributed by atoms with Crippen molar-refractivity contribution in [3.05, 3.63) is 36.0 Å². The molecule has 2 aromatic rings. The number of anilines is 1. The van der Waals surface area contributed by atoms with Gasteiger partial charge >= 0.3 is 0 Å². The molecule has 0 aliphatic rings. The van der Waals surface area contributed by atoms with Crippen molar-refractivity contribution in [3.63, 3.8) is 0 Å². The van der Waals surface area contributed by atoms with E-state index in [1.165, 1.54) is 19.4 Å². The molecule has 0 amide bonds. The molecule has 1 heterocycles. The van der Waals surface area contributed by atoms with Gasteiger partial charge in [-0.25, -0.2) is 0 Å². The normalized spacial score (nSPS) is 10.6. The average Bonchev–Trinajstić information content (AvgIpc) is 3.00. The van der Waals surface area contributed by atoms with Gasteiger partial charge in [-0.2, -0.15) is 13.5 Å². The highest BCUT2D eigenvalue weighted by atomic mass is 32.2. The molecule has 7 nitrogen and oxygen atoms in total. The number of methoxy groups -OCH3 is 1. The third-order valence-electron chi connectivity index (χ3n) is 2.54. The molecule has 2 rings (SSSR count). The topological polar surface area (TPSA) is 110 Å². The molecule has 1 aromatic carbocycles. The molecule has 0 unspecified atom stereocenters. The van der Waals surface area contributed by atoms with Crippen LogP contribution in [-0.2, 0) is 10.0 Å². The Bertz CT molecular complexity index is 773. The van der Waals surface area contributed by atoms with Crippen molar-refractivity contribution in [2.24, 2.45) is 5.73 Å². The lowest BCUT2D eigenvalue weighted by atomic mass is 10.2. The van der Waals surface area contributed by atoms with Gasteiger partial charge in [0.05, 0.1) is 25.5 Å². The number of benzene rings is 1. The Morgan fingerprint density at radius 1 is 1.43 bits per heavy atom. The van der Waals surface area contributed by atoms with E-state index in [0.717, 1.165) is 0 Å². The summed E-state index contributed by atoms with van der Waals surface area (Å²) < 4.78 is 31.9. The van der Waals surface area contributed by atoms with E-state index in [-0.39, 0.29) is 17.3 Å². The van der Waals surface area contributed by atoms with Crippen LogP contribution < -0.4 is 15.2 Å². The smallest absolute Gasteiger partial charge is 0.278 e. The van der Waals surface area contributed by atoms with E-state index in [0.29, 0.717) is 11.3 Å². The fraction of sp³-hybridized carbons (Fsp3) is 0.154. The first-order chi connectivity index (χ1) is 10.1. The monoisotopic (exact) mass is 306 g/mol. The van der Waals surface area contributed by atoms with E-state index < -0.39 is 10.0 Å². The Balaban J connectivity index is 2.38. The number of nitrogens with zero attached hydrogens (tertiary/aromatic N) is 1. The highest BCUT2D eigenvalue weighted by molar-refractivity contribution is 7.92. The highest BCUT2D eigenvalue weighted by Crippen LogP contribution is 2.27. The van der Waals surface area contributed by atoms with Crippen molar-refractivity contribution >= 4 is 15.7 Å². The molecule has 8 heteroatoms. The molecule has 0 fully saturated rings. The van der Waals surface area contributed by atoms with Crippen molar-refractivity contribution in [1.82, 2.24) is 10.2 Å². The number of hydrogen-bond acceptors (Lipinski definition) is 5. The molecule has 0 radical (unpaired) electrons. The summed E-state index contributed by atoms with van der Waals surface area (Å²) in [5.41, 5.74) is 6.23. The van der Waals surface area contributed by atoms with Gasteiger partial charge in [0.15, 0.2) is 5.03 Å². The number of ether oxygens (including phenoxy) is 1. The Hall–Kier alpha value is -2.50. The molecular formula is C13H14N4O3S. The molecule has 0 bridgehead atoms. The van der Waals surface area contributed by atoms with Crippen molar-refractivity contribution in [2.45, 2.75) is 5.03 Å². The second kappa shape index (κ2) is 6.30. The Morgan fingerprint density at radius 2 is 2.24 bits per heavy atom. The fourth-order valence-electron chi connectivity index (χ4n) is 1.61. The van der Waals surface area contributed by atoms with E-state index >= 15 is 0 Å². The van der Waals surface area contributed by atoms with Gasteiger partial charge in [0.25, 0.3) is 10.0 Å². The van der Waals surface area contributed by atoms with Gasteiger partial charge in [0.2, 0.25) is 0 Å². The predicted molar refractivity (Wildman–Crippen MR) is 78.3 cm³/mol. The molecule has 0 saturated carbocycles. The van der Waals surface area contributed by atoms with Gasteiger partial charge in [-0.15, -0.1) is 0 Å². The van der Waals surface area contributed by atoms with E-state index in [4.69, 9.17) is 10.5 Å². The molecule has 21 heavy (non-hydrogen) atoms. The standard InChI is InChI=1S/C13H14N4O3S/c1-20-12-5-4-10(3-2-7-14)9-11(12)17-21(18,19)13-6-8-15-16-13/h4-6,8-9,17H,7,14H2,1H3,(H,15,16). The van der Waals surface area contributed by atoms with Crippen LogP contribution in [0.1, 0.15) is 5.56 Å². The maximum Gasteiger partial charge on any atom is 0.278 e.